The van der Waals surface area contributed by atoms with E-state index in [0.717, 1.165) is 95.7 Å². The lowest BCUT2D eigenvalue weighted by atomic mass is 10.0. The molecule has 2 fully saturated rings. The van der Waals surface area contributed by atoms with Crippen molar-refractivity contribution in [3.8, 4) is 45.3 Å². The number of aromatic nitrogens is 6. The highest BCUT2D eigenvalue weighted by molar-refractivity contribution is 5.61. The molecule has 0 spiro atoms. The lowest BCUT2D eigenvalue weighted by Crippen LogP contribution is -2.23. The number of benzene rings is 2. The zero-order valence-corrected chi connectivity index (χ0v) is 32.1. The molecular weight excluding hydrogens is 705 g/mol. The van der Waals surface area contributed by atoms with Crippen LogP contribution in [0, 0.1) is 0 Å². The van der Waals surface area contributed by atoms with Gasteiger partial charge in [-0.2, -0.15) is 10.2 Å². The van der Waals surface area contributed by atoms with E-state index in [1.807, 2.05) is 72.8 Å². The molecule has 56 heavy (non-hydrogen) atoms. The lowest BCUT2D eigenvalue weighted by molar-refractivity contribution is 0.170. The Hall–Kier alpha value is -5.72. The SMILES string of the molecule is Cn1cc(-c2ccc(CN3CCC[C@@H]3c3ccc4c(c3)OCCO4)nc2)cn1.Cn1cc(-c2ccc(CN3CCC[C@H]3c3ccc4c(c3)OCCO4)nc2)cn1. The van der Waals surface area contributed by atoms with Crippen LogP contribution in [-0.2, 0) is 27.2 Å². The van der Waals surface area contributed by atoms with Crippen LogP contribution in [0.3, 0.4) is 0 Å². The van der Waals surface area contributed by atoms with Gasteiger partial charge in [-0.3, -0.25) is 29.1 Å². The molecule has 4 aliphatic rings. The van der Waals surface area contributed by atoms with Gasteiger partial charge in [0.05, 0.1) is 23.8 Å². The molecule has 10 rings (SSSR count). The van der Waals surface area contributed by atoms with E-state index in [-0.39, 0.29) is 0 Å². The largest absolute Gasteiger partial charge is 0.486 e. The van der Waals surface area contributed by atoms with Crippen molar-refractivity contribution < 1.29 is 18.9 Å². The van der Waals surface area contributed by atoms with E-state index in [1.54, 1.807) is 0 Å². The Kier molecular flexibility index (Phi) is 10.4. The maximum Gasteiger partial charge on any atom is 0.161 e. The first kappa shape index (κ1) is 35.9. The van der Waals surface area contributed by atoms with Crippen LogP contribution in [0.4, 0.5) is 0 Å². The molecule has 4 aromatic heterocycles. The smallest absolute Gasteiger partial charge is 0.161 e. The molecule has 4 aliphatic heterocycles. The Morgan fingerprint density at radius 3 is 1.36 bits per heavy atom. The van der Waals surface area contributed by atoms with Gasteiger partial charge in [0.2, 0.25) is 0 Å². The number of ether oxygens (including phenoxy) is 4. The Labute approximate surface area is 327 Å². The maximum atomic E-state index is 5.77. The van der Waals surface area contributed by atoms with Crippen LogP contribution < -0.4 is 18.9 Å². The first-order chi connectivity index (χ1) is 27.5. The molecular formula is C44H48N8O4. The minimum atomic E-state index is 0.399. The van der Waals surface area contributed by atoms with Crippen molar-refractivity contribution >= 4 is 0 Å². The van der Waals surface area contributed by atoms with Crippen LogP contribution in [0.2, 0.25) is 0 Å². The van der Waals surface area contributed by atoms with Crippen LogP contribution in [0.5, 0.6) is 23.0 Å². The van der Waals surface area contributed by atoms with Crippen LogP contribution >= 0.6 is 0 Å². The van der Waals surface area contributed by atoms with Gasteiger partial charge in [0, 0.05) is 86.3 Å². The van der Waals surface area contributed by atoms with Gasteiger partial charge in [0.1, 0.15) is 26.4 Å². The Balaban J connectivity index is 0.000000146. The molecule has 0 bridgehead atoms. The second kappa shape index (κ2) is 16.2. The summed E-state index contributed by atoms with van der Waals surface area (Å²) in [5.41, 5.74) is 9.17. The van der Waals surface area contributed by atoms with Crippen LogP contribution in [0.15, 0.2) is 97.8 Å². The number of hydrogen-bond acceptors (Lipinski definition) is 10. The molecule has 0 radical (unpaired) electrons. The van der Waals surface area contributed by atoms with Gasteiger partial charge in [-0.25, -0.2) is 0 Å². The minimum Gasteiger partial charge on any atom is -0.486 e. The molecule has 2 aromatic carbocycles. The average molecular weight is 753 g/mol. The summed E-state index contributed by atoms with van der Waals surface area (Å²) in [5, 5.41) is 8.47. The van der Waals surface area contributed by atoms with E-state index in [4.69, 9.17) is 28.9 Å². The Morgan fingerprint density at radius 2 is 0.964 bits per heavy atom. The number of pyridine rings is 2. The fourth-order valence-corrected chi connectivity index (χ4v) is 8.25. The summed E-state index contributed by atoms with van der Waals surface area (Å²) in [4.78, 5) is 14.4. The van der Waals surface area contributed by atoms with Gasteiger partial charge < -0.3 is 18.9 Å². The van der Waals surface area contributed by atoms with Crippen LogP contribution in [-0.4, -0.2) is 78.8 Å². The van der Waals surface area contributed by atoms with E-state index >= 15 is 0 Å². The van der Waals surface area contributed by atoms with E-state index in [2.05, 4.69) is 68.5 Å². The summed E-state index contributed by atoms with van der Waals surface area (Å²) in [6.07, 6.45) is 16.4. The van der Waals surface area contributed by atoms with Gasteiger partial charge in [-0.1, -0.05) is 24.3 Å². The van der Waals surface area contributed by atoms with Crippen LogP contribution in [0.25, 0.3) is 22.3 Å². The number of fused-ring (bicyclic) bond motifs is 2. The van der Waals surface area contributed by atoms with Gasteiger partial charge in [-0.15, -0.1) is 0 Å². The van der Waals surface area contributed by atoms with Crippen molar-refractivity contribution in [1.82, 2.24) is 39.3 Å². The second-order valence-corrected chi connectivity index (χ2v) is 14.9. The van der Waals surface area contributed by atoms with Crippen LogP contribution in [0.1, 0.15) is 60.3 Å². The third-order valence-electron chi connectivity index (χ3n) is 11.1. The zero-order chi connectivity index (χ0) is 37.8. The molecule has 0 N–H and O–H groups in total. The molecule has 0 unspecified atom stereocenters. The Morgan fingerprint density at radius 1 is 0.518 bits per heavy atom. The first-order valence-electron chi connectivity index (χ1n) is 19.7. The number of hydrogen-bond donors (Lipinski definition) is 0. The van der Waals surface area contributed by atoms with Gasteiger partial charge in [0.25, 0.3) is 0 Å². The molecule has 2 atom stereocenters. The summed E-state index contributed by atoms with van der Waals surface area (Å²) < 4.78 is 26.5. The molecule has 0 amide bonds. The van der Waals surface area contributed by atoms with Crippen molar-refractivity contribution in [3.05, 3.63) is 120 Å². The van der Waals surface area contributed by atoms with E-state index in [9.17, 15) is 0 Å². The van der Waals surface area contributed by atoms with Gasteiger partial charge in [-0.05, 0) is 86.3 Å². The molecule has 12 heteroatoms. The van der Waals surface area contributed by atoms with Crippen molar-refractivity contribution in [2.45, 2.75) is 50.9 Å². The summed E-state index contributed by atoms with van der Waals surface area (Å²) in [6.45, 7) is 6.39. The van der Waals surface area contributed by atoms with Crippen molar-refractivity contribution in [2.24, 2.45) is 14.1 Å². The topological polar surface area (TPSA) is 105 Å². The zero-order valence-electron chi connectivity index (χ0n) is 32.1. The summed E-state index contributed by atoms with van der Waals surface area (Å²) >= 11 is 0. The number of aryl methyl sites for hydroxylation is 2. The quantitative estimate of drug-likeness (QED) is 0.159. The number of rotatable bonds is 8. The fourth-order valence-electron chi connectivity index (χ4n) is 8.25. The van der Waals surface area contributed by atoms with Crippen molar-refractivity contribution in [2.75, 3.05) is 39.5 Å². The van der Waals surface area contributed by atoms with Gasteiger partial charge >= 0.3 is 0 Å². The Bertz CT molecular complexity index is 2090. The molecule has 8 heterocycles. The first-order valence-corrected chi connectivity index (χ1v) is 19.7. The summed E-state index contributed by atoms with van der Waals surface area (Å²) in [5.74, 6) is 3.45. The molecule has 288 valence electrons. The molecule has 0 aliphatic carbocycles. The second-order valence-electron chi connectivity index (χ2n) is 14.9. The maximum absolute atomic E-state index is 5.77. The molecule has 12 nitrogen and oxygen atoms in total. The third-order valence-corrected chi connectivity index (χ3v) is 11.1. The standard InChI is InChI=1S/2C22H24N4O2/c2*1-25-14-18(13-24-25)17-4-6-19(23-12-17)15-26-8-2-3-20(26)16-5-7-21-22(11-16)28-10-9-27-21/h2*4-7,11-14,20H,2-3,8-10,15H2,1H3/t2*20-/m10/s1. The van der Waals surface area contributed by atoms with Gasteiger partial charge in [0.15, 0.2) is 23.0 Å². The summed E-state index contributed by atoms with van der Waals surface area (Å²) in [7, 11) is 3.85. The highest BCUT2D eigenvalue weighted by Gasteiger charge is 2.29. The highest BCUT2D eigenvalue weighted by Crippen LogP contribution is 2.40. The highest BCUT2D eigenvalue weighted by atomic mass is 16.6. The molecule has 2 saturated heterocycles. The fraction of sp³-hybridized carbons (Fsp3) is 0.364. The third kappa shape index (κ3) is 7.98. The summed E-state index contributed by atoms with van der Waals surface area (Å²) in [6, 6.07) is 22.1. The monoisotopic (exact) mass is 752 g/mol. The molecule has 6 aromatic rings. The van der Waals surface area contributed by atoms with Crippen molar-refractivity contribution in [3.63, 3.8) is 0 Å². The number of nitrogens with zero attached hydrogens (tertiary/aromatic N) is 8. The normalized spacial score (nSPS) is 19.1. The van der Waals surface area contributed by atoms with E-state index in [0.29, 0.717) is 38.5 Å². The van der Waals surface area contributed by atoms with E-state index < -0.39 is 0 Å². The van der Waals surface area contributed by atoms with E-state index in [1.165, 1.54) is 24.0 Å². The van der Waals surface area contributed by atoms with Crippen molar-refractivity contribution in [1.29, 1.82) is 0 Å². The minimum absolute atomic E-state index is 0.399. The lowest BCUT2D eigenvalue weighted by Gasteiger charge is -2.26. The number of likely N-dealkylation sites (tertiary alicyclic amines) is 2. The average Bonchev–Trinajstić information content (AvgIpc) is 4.08. The molecule has 0 saturated carbocycles. The predicted octanol–water partition coefficient (Wildman–Crippen LogP) is 7.18. The predicted molar refractivity (Wildman–Crippen MR) is 213 cm³/mol.